The van der Waals surface area contributed by atoms with E-state index < -0.39 is 5.97 Å². The summed E-state index contributed by atoms with van der Waals surface area (Å²) in [7, 11) is 0. The minimum absolute atomic E-state index is 0.0884. The van der Waals surface area contributed by atoms with E-state index in [1.165, 1.54) is 6.07 Å². The number of aromatic nitrogens is 2. The molecule has 0 aliphatic rings. The van der Waals surface area contributed by atoms with Crippen LogP contribution >= 0.6 is 11.6 Å². The molecule has 4 aromatic rings. The van der Waals surface area contributed by atoms with Crippen LogP contribution in [0.1, 0.15) is 27.3 Å². The number of pyridine rings is 1. The van der Waals surface area contributed by atoms with Gasteiger partial charge in [0.2, 0.25) is 0 Å². The van der Waals surface area contributed by atoms with Gasteiger partial charge in [0.15, 0.2) is 0 Å². The summed E-state index contributed by atoms with van der Waals surface area (Å²) in [6.45, 7) is 3.99. The summed E-state index contributed by atoms with van der Waals surface area (Å²) < 4.78 is 2.03. The van der Waals surface area contributed by atoms with Crippen molar-refractivity contribution < 1.29 is 9.90 Å². The summed E-state index contributed by atoms with van der Waals surface area (Å²) >= 11 is 6.15. The van der Waals surface area contributed by atoms with Crippen molar-refractivity contribution in [2.45, 2.75) is 13.8 Å². The molecule has 2 aromatic carbocycles. The summed E-state index contributed by atoms with van der Waals surface area (Å²) in [6, 6.07) is 16.8. The molecule has 0 saturated carbocycles. The first-order chi connectivity index (χ1) is 13.9. The third kappa shape index (κ3) is 3.65. The highest BCUT2D eigenvalue weighted by atomic mass is 35.5. The highest BCUT2D eigenvalue weighted by molar-refractivity contribution is 6.33. The van der Waals surface area contributed by atoms with Crippen LogP contribution in [0.2, 0.25) is 5.02 Å². The van der Waals surface area contributed by atoms with Gasteiger partial charge in [-0.1, -0.05) is 17.7 Å². The van der Waals surface area contributed by atoms with Crippen molar-refractivity contribution >= 4 is 40.4 Å². The number of hydrogen-bond donors (Lipinski definition) is 1. The Kier molecular flexibility index (Phi) is 4.91. The van der Waals surface area contributed by atoms with E-state index in [9.17, 15) is 9.90 Å². The van der Waals surface area contributed by atoms with Gasteiger partial charge in [-0.2, -0.15) is 0 Å². The van der Waals surface area contributed by atoms with Gasteiger partial charge in [-0.15, -0.1) is 0 Å². The van der Waals surface area contributed by atoms with E-state index in [0.29, 0.717) is 0 Å². The maximum absolute atomic E-state index is 11.2. The molecule has 0 aliphatic heterocycles. The number of aryl methyl sites for hydroxylation is 1. The molecule has 0 fully saturated rings. The maximum atomic E-state index is 11.2. The zero-order chi connectivity index (χ0) is 20.5. The number of carboxylic acid groups (broad SMARTS) is 1. The highest BCUT2D eigenvalue weighted by Crippen LogP contribution is 2.26. The predicted molar refractivity (Wildman–Crippen MR) is 116 cm³/mol. The van der Waals surface area contributed by atoms with Gasteiger partial charge in [0.25, 0.3) is 0 Å². The number of carbonyl (C=O) groups is 1. The van der Waals surface area contributed by atoms with Gasteiger partial charge in [-0.05, 0) is 62.4 Å². The summed E-state index contributed by atoms with van der Waals surface area (Å²) in [6.07, 6.45) is 3.61. The number of hydrogen-bond acceptors (Lipinski definition) is 3. The first-order valence-corrected chi connectivity index (χ1v) is 9.43. The lowest BCUT2D eigenvalue weighted by molar-refractivity contribution is 0.0697. The van der Waals surface area contributed by atoms with Gasteiger partial charge < -0.3 is 9.67 Å². The summed E-state index contributed by atoms with van der Waals surface area (Å²) in [5.74, 6) is -1.04. The molecule has 2 aromatic heterocycles. The third-order valence-corrected chi connectivity index (χ3v) is 5.16. The van der Waals surface area contributed by atoms with Gasteiger partial charge in [0, 0.05) is 40.4 Å². The minimum Gasteiger partial charge on any atom is -0.478 e. The molecule has 0 amide bonds. The average molecular weight is 404 g/mol. The molecule has 144 valence electrons. The Morgan fingerprint density at radius 1 is 1.14 bits per heavy atom. The van der Waals surface area contributed by atoms with Gasteiger partial charge in [-0.25, -0.2) is 4.79 Å². The Morgan fingerprint density at radius 3 is 2.72 bits per heavy atom. The standard InChI is InChI=1S/C23H18ClN3O2/c1-14-10-17(13-26-18-5-8-22-16(11-18)4-3-9-25-22)15(2)27(14)19-6-7-20(23(28)29)21(24)12-19/h3-13H,1-2H3,(H,28,29). The SMILES string of the molecule is Cc1cc(C=Nc2ccc3ncccc3c2)c(C)n1-c1ccc(C(=O)O)c(Cl)c1. The molecule has 4 rings (SSSR count). The average Bonchev–Trinajstić information content (AvgIpc) is 2.99. The van der Waals surface area contributed by atoms with E-state index in [0.717, 1.165) is 39.2 Å². The van der Waals surface area contributed by atoms with E-state index >= 15 is 0 Å². The molecule has 2 heterocycles. The van der Waals surface area contributed by atoms with Crippen LogP contribution in [0.4, 0.5) is 5.69 Å². The molecule has 0 spiro atoms. The number of carboxylic acids is 1. The van der Waals surface area contributed by atoms with Gasteiger partial charge in [-0.3, -0.25) is 9.98 Å². The van der Waals surface area contributed by atoms with E-state index in [1.807, 2.05) is 61.0 Å². The zero-order valence-corrected chi connectivity index (χ0v) is 16.7. The van der Waals surface area contributed by atoms with E-state index in [-0.39, 0.29) is 10.6 Å². The topological polar surface area (TPSA) is 67.5 Å². The van der Waals surface area contributed by atoms with Gasteiger partial charge in [0.05, 0.1) is 21.8 Å². The number of aliphatic imine (C=N–C) groups is 1. The molecule has 1 N–H and O–H groups in total. The van der Waals surface area contributed by atoms with Crippen molar-refractivity contribution in [2.24, 2.45) is 4.99 Å². The molecule has 0 atom stereocenters. The third-order valence-electron chi connectivity index (χ3n) is 4.85. The van der Waals surface area contributed by atoms with Crippen molar-refractivity contribution in [1.82, 2.24) is 9.55 Å². The molecular formula is C23H18ClN3O2. The summed E-state index contributed by atoms with van der Waals surface area (Å²) in [5, 5.41) is 10.4. The molecule has 6 heteroatoms. The van der Waals surface area contributed by atoms with E-state index in [2.05, 4.69) is 9.98 Å². The van der Waals surface area contributed by atoms with Crippen LogP contribution in [-0.2, 0) is 0 Å². The maximum Gasteiger partial charge on any atom is 0.337 e. The lowest BCUT2D eigenvalue weighted by Gasteiger charge is -2.11. The van der Waals surface area contributed by atoms with Crippen LogP contribution in [0.3, 0.4) is 0 Å². The van der Waals surface area contributed by atoms with Crippen LogP contribution in [-0.4, -0.2) is 26.8 Å². The smallest absolute Gasteiger partial charge is 0.337 e. The molecule has 0 bridgehead atoms. The second-order valence-electron chi connectivity index (χ2n) is 6.77. The molecule has 0 radical (unpaired) electrons. The number of fused-ring (bicyclic) bond motifs is 1. The molecular weight excluding hydrogens is 386 g/mol. The second kappa shape index (κ2) is 7.53. The Bertz CT molecular complexity index is 1270. The molecule has 0 aliphatic carbocycles. The number of nitrogens with zero attached hydrogens (tertiary/aromatic N) is 3. The fourth-order valence-corrected chi connectivity index (χ4v) is 3.68. The lowest BCUT2D eigenvalue weighted by atomic mass is 10.2. The molecule has 29 heavy (non-hydrogen) atoms. The van der Waals surface area contributed by atoms with Gasteiger partial charge in [0.1, 0.15) is 0 Å². The van der Waals surface area contributed by atoms with E-state index in [1.54, 1.807) is 18.3 Å². The number of benzene rings is 2. The Balaban J connectivity index is 1.68. The molecule has 0 unspecified atom stereocenters. The summed E-state index contributed by atoms with van der Waals surface area (Å²) in [5.41, 5.74) is 5.67. The lowest BCUT2D eigenvalue weighted by Crippen LogP contribution is -2.02. The van der Waals surface area contributed by atoms with E-state index in [4.69, 9.17) is 11.6 Å². The van der Waals surface area contributed by atoms with Crippen molar-refractivity contribution in [1.29, 1.82) is 0 Å². The first-order valence-electron chi connectivity index (χ1n) is 9.05. The monoisotopic (exact) mass is 403 g/mol. The Morgan fingerprint density at radius 2 is 1.97 bits per heavy atom. The van der Waals surface area contributed by atoms with Crippen LogP contribution in [0.5, 0.6) is 0 Å². The predicted octanol–water partition coefficient (Wildman–Crippen LogP) is 5.74. The minimum atomic E-state index is -1.04. The molecule has 5 nitrogen and oxygen atoms in total. The van der Waals surface area contributed by atoms with Gasteiger partial charge >= 0.3 is 5.97 Å². The quantitative estimate of drug-likeness (QED) is 0.441. The fraction of sp³-hybridized carbons (Fsp3) is 0.0870. The fourth-order valence-electron chi connectivity index (χ4n) is 3.42. The van der Waals surface area contributed by atoms with Crippen LogP contribution < -0.4 is 0 Å². The second-order valence-corrected chi connectivity index (χ2v) is 7.18. The van der Waals surface area contributed by atoms with Crippen LogP contribution in [0.15, 0.2) is 65.8 Å². The van der Waals surface area contributed by atoms with Crippen molar-refractivity contribution in [3.8, 4) is 5.69 Å². The number of rotatable bonds is 4. The largest absolute Gasteiger partial charge is 0.478 e. The van der Waals surface area contributed by atoms with Crippen LogP contribution in [0, 0.1) is 13.8 Å². The molecule has 0 saturated heterocycles. The zero-order valence-electron chi connectivity index (χ0n) is 15.9. The first kappa shape index (κ1) is 18.9. The van der Waals surface area contributed by atoms with Crippen molar-refractivity contribution in [3.63, 3.8) is 0 Å². The highest BCUT2D eigenvalue weighted by Gasteiger charge is 2.13. The number of halogens is 1. The van der Waals surface area contributed by atoms with Crippen molar-refractivity contribution in [3.05, 3.63) is 88.3 Å². The number of aromatic carboxylic acids is 1. The normalized spacial score (nSPS) is 11.4. The Hall–Kier alpha value is -3.44. The van der Waals surface area contributed by atoms with Crippen LogP contribution in [0.25, 0.3) is 16.6 Å². The van der Waals surface area contributed by atoms with Crippen molar-refractivity contribution in [2.75, 3.05) is 0 Å². The summed E-state index contributed by atoms with van der Waals surface area (Å²) in [4.78, 5) is 20.1. The Labute approximate surface area is 172 Å².